The normalized spacial score (nSPS) is 22.2. The molecule has 1 aromatic rings. The van der Waals surface area contributed by atoms with Crippen LogP contribution in [0.2, 0.25) is 0 Å². The monoisotopic (exact) mass is 398 g/mol. The van der Waals surface area contributed by atoms with Crippen LogP contribution in [-0.2, 0) is 0 Å². The highest BCUT2D eigenvalue weighted by Crippen LogP contribution is 2.25. The predicted molar refractivity (Wildman–Crippen MR) is 84.0 cm³/mol. The molecule has 1 amide bonds. The number of carbonyl (C=O) groups excluding carboxylic acids is 1. The molecule has 2 N–H and O–H groups in total. The minimum Gasteiger partial charge on any atom is -0.336 e. The van der Waals surface area contributed by atoms with Gasteiger partial charge in [-0.3, -0.25) is 4.79 Å². The van der Waals surface area contributed by atoms with Gasteiger partial charge >= 0.3 is 0 Å². The molecule has 0 spiro atoms. The van der Waals surface area contributed by atoms with Crippen molar-refractivity contribution in [3.05, 3.63) is 33.1 Å². The van der Waals surface area contributed by atoms with Gasteiger partial charge in [0.15, 0.2) is 0 Å². The van der Waals surface area contributed by atoms with Crippen LogP contribution >= 0.6 is 35.0 Å². The minimum atomic E-state index is -0.374. The molecule has 1 aliphatic heterocycles. The van der Waals surface area contributed by atoms with Crippen molar-refractivity contribution in [1.82, 2.24) is 4.90 Å². The summed E-state index contributed by atoms with van der Waals surface area (Å²) in [5.41, 5.74) is 6.10. The Morgan fingerprint density at radius 3 is 2.84 bits per heavy atom. The molecule has 3 nitrogen and oxygen atoms in total. The SMILES string of the molecule is CC1CC(CN)CN1C(=O)c1cc(F)ccc1I.Cl. The van der Waals surface area contributed by atoms with E-state index in [9.17, 15) is 9.18 Å². The summed E-state index contributed by atoms with van der Waals surface area (Å²) in [6, 6.07) is 4.48. The average molecular weight is 399 g/mol. The van der Waals surface area contributed by atoms with Gasteiger partial charge < -0.3 is 10.6 Å². The zero-order valence-electron chi connectivity index (χ0n) is 10.6. The molecule has 0 saturated carbocycles. The number of rotatable bonds is 2. The Labute approximate surface area is 132 Å². The summed E-state index contributed by atoms with van der Waals surface area (Å²) in [5, 5.41) is 0. The van der Waals surface area contributed by atoms with Crippen LogP contribution in [0.4, 0.5) is 4.39 Å². The van der Waals surface area contributed by atoms with Crippen molar-refractivity contribution >= 4 is 40.9 Å². The highest BCUT2D eigenvalue weighted by Gasteiger charge is 2.32. The quantitative estimate of drug-likeness (QED) is 0.779. The smallest absolute Gasteiger partial charge is 0.255 e. The first-order chi connectivity index (χ1) is 8.52. The third-order valence-corrected chi connectivity index (χ3v) is 4.36. The largest absolute Gasteiger partial charge is 0.336 e. The van der Waals surface area contributed by atoms with E-state index < -0.39 is 0 Å². The van der Waals surface area contributed by atoms with Crippen molar-refractivity contribution in [2.45, 2.75) is 19.4 Å². The van der Waals surface area contributed by atoms with Crippen molar-refractivity contribution in [3.8, 4) is 0 Å². The van der Waals surface area contributed by atoms with Gasteiger partial charge in [-0.1, -0.05) is 0 Å². The Balaban J connectivity index is 0.00000180. The van der Waals surface area contributed by atoms with Crippen LogP contribution in [0, 0.1) is 15.3 Å². The number of halogens is 3. The van der Waals surface area contributed by atoms with Gasteiger partial charge in [-0.2, -0.15) is 0 Å². The summed E-state index contributed by atoms with van der Waals surface area (Å²) in [6.07, 6.45) is 0.925. The predicted octanol–water partition coefficient (Wildman–Crippen LogP) is 2.66. The third-order valence-electron chi connectivity index (χ3n) is 3.41. The molecule has 0 bridgehead atoms. The van der Waals surface area contributed by atoms with E-state index in [0.717, 1.165) is 9.99 Å². The van der Waals surface area contributed by atoms with E-state index in [-0.39, 0.29) is 30.2 Å². The lowest BCUT2D eigenvalue weighted by Gasteiger charge is -2.22. The lowest BCUT2D eigenvalue weighted by atomic mass is 10.1. The van der Waals surface area contributed by atoms with Crippen molar-refractivity contribution in [2.75, 3.05) is 13.1 Å². The molecule has 0 aliphatic carbocycles. The minimum absolute atomic E-state index is 0. The number of benzene rings is 1. The van der Waals surface area contributed by atoms with Crippen LogP contribution in [0.5, 0.6) is 0 Å². The van der Waals surface area contributed by atoms with Gasteiger partial charge in [-0.25, -0.2) is 4.39 Å². The van der Waals surface area contributed by atoms with E-state index in [1.807, 2.05) is 6.92 Å². The highest BCUT2D eigenvalue weighted by molar-refractivity contribution is 14.1. The van der Waals surface area contributed by atoms with Crippen LogP contribution in [0.25, 0.3) is 0 Å². The molecule has 0 radical (unpaired) electrons. The number of nitrogens with two attached hydrogens (primary N) is 1. The summed E-state index contributed by atoms with van der Waals surface area (Å²) in [7, 11) is 0. The number of hydrogen-bond donors (Lipinski definition) is 1. The maximum atomic E-state index is 13.2. The molecule has 0 aromatic heterocycles. The summed E-state index contributed by atoms with van der Waals surface area (Å²) < 4.78 is 14.0. The molecule has 1 fully saturated rings. The Morgan fingerprint density at radius 2 is 2.26 bits per heavy atom. The van der Waals surface area contributed by atoms with E-state index in [1.165, 1.54) is 12.1 Å². The van der Waals surface area contributed by atoms with Gasteiger partial charge in [0.2, 0.25) is 0 Å². The second-order valence-corrected chi connectivity index (χ2v) is 5.93. The van der Waals surface area contributed by atoms with Gasteiger partial charge in [0.25, 0.3) is 5.91 Å². The second-order valence-electron chi connectivity index (χ2n) is 4.77. The van der Waals surface area contributed by atoms with E-state index in [0.29, 0.717) is 24.6 Å². The molecule has 6 heteroatoms. The Hall–Kier alpha value is -0.400. The lowest BCUT2D eigenvalue weighted by molar-refractivity contribution is 0.0742. The maximum absolute atomic E-state index is 13.2. The Morgan fingerprint density at radius 1 is 1.58 bits per heavy atom. The zero-order valence-corrected chi connectivity index (χ0v) is 13.6. The van der Waals surface area contributed by atoms with Crippen LogP contribution in [0.3, 0.4) is 0 Å². The zero-order chi connectivity index (χ0) is 13.3. The molecule has 106 valence electrons. The molecule has 1 heterocycles. The summed E-state index contributed by atoms with van der Waals surface area (Å²) in [6.45, 7) is 3.27. The molecule has 1 aliphatic rings. The van der Waals surface area contributed by atoms with Gasteiger partial charge in [-0.05, 0) is 66.6 Å². The summed E-state index contributed by atoms with van der Waals surface area (Å²) in [5.74, 6) is -0.112. The van der Waals surface area contributed by atoms with Gasteiger partial charge in [0.1, 0.15) is 5.82 Å². The van der Waals surface area contributed by atoms with Crippen molar-refractivity contribution in [2.24, 2.45) is 11.7 Å². The van der Waals surface area contributed by atoms with Crippen LogP contribution < -0.4 is 5.73 Å². The topological polar surface area (TPSA) is 46.3 Å². The fraction of sp³-hybridized carbons (Fsp3) is 0.462. The van der Waals surface area contributed by atoms with E-state index >= 15 is 0 Å². The first kappa shape index (κ1) is 16.7. The van der Waals surface area contributed by atoms with Crippen molar-refractivity contribution in [3.63, 3.8) is 0 Å². The van der Waals surface area contributed by atoms with E-state index in [1.54, 1.807) is 11.0 Å². The average Bonchev–Trinajstić information content (AvgIpc) is 2.73. The van der Waals surface area contributed by atoms with Crippen LogP contribution in [0.1, 0.15) is 23.7 Å². The van der Waals surface area contributed by atoms with Crippen molar-refractivity contribution < 1.29 is 9.18 Å². The fourth-order valence-corrected chi connectivity index (χ4v) is 2.98. The molecular formula is C13H17ClFIN2O. The maximum Gasteiger partial charge on any atom is 0.255 e. The fourth-order valence-electron chi connectivity index (χ4n) is 2.41. The van der Waals surface area contributed by atoms with Gasteiger partial charge in [0.05, 0.1) is 5.56 Å². The number of carbonyl (C=O) groups is 1. The number of hydrogen-bond acceptors (Lipinski definition) is 2. The third kappa shape index (κ3) is 3.58. The molecule has 1 aromatic carbocycles. The highest BCUT2D eigenvalue weighted by atomic mass is 127. The standard InChI is InChI=1S/C13H16FIN2O.ClH/c1-8-4-9(6-16)7-17(8)13(18)11-5-10(14)2-3-12(11)15;/h2-3,5,8-9H,4,6-7,16H2,1H3;1H. The van der Waals surface area contributed by atoms with E-state index in [4.69, 9.17) is 5.73 Å². The number of likely N-dealkylation sites (tertiary alicyclic amines) is 1. The van der Waals surface area contributed by atoms with Gasteiger partial charge in [0, 0.05) is 16.2 Å². The molecule has 1 saturated heterocycles. The number of amides is 1. The molecule has 19 heavy (non-hydrogen) atoms. The summed E-state index contributed by atoms with van der Waals surface area (Å²) >= 11 is 2.06. The first-order valence-electron chi connectivity index (χ1n) is 5.99. The number of nitrogens with zero attached hydrogens (tertiary/aromatic N) is 1. The van der Waals surface area contributed by atoms with Gasteiger partial charge in [-0.15, -0.1) is 12.4 Å². The first-order valence-corrected chi connectivity index (χ1v) is 7.07. The van der Waals surface area contributed by atoms with Crippen LogP contribution in [0.15, 0.2) is 18.2 Å². The molecular weight excluding hydrogens is 382 g/mol. The Bertz CT molecular complexity index is 472. The lowest BCUT2D eigenvalue weighted by Crippen LogP contribution is -2.35. The summed E-state index contributed by atoms with van der Waals surface area (Å²) in [4.78, 5) is 14.2. The van der Waals surface area contributed by atoms with Crippen molar-refractivity contribution in [1.29, 1.82) is 0 Å². The van der Waals surface area contributed by atoms with Crippen LogP contribution in [-0.4, -0.2) is 29.9 Å². The molecule has 2 rings (SSSR count). The molecule has 2 unspecified atom stereocenters. The van der Waals surface area contributed by atoms with E-state index in [2.05, 4.69) is 22.6 Å². The Kier molecular flexibility index (Phi) is 6.01. The molecule has 2 atom stereocenters. The second kappa shape index (κ2) is 6.85.